The number of carbonyl (C=O) groups excluding carboxylic acids is 1. The Hall–Kier alpha value is -2.92. The summed E-state index contributed by atoms with van der Waals surface area (Å²) in [5.41, 5.74) is 0.438. The lowest BCUT2D eigenvalue weighted by atomic mass is 9.87. The van der Waals surface area contributed by atoms with Gasteiger partial charge in [0, 0.05) is 6.20 Å². The molecule has 1 aromatic heterocycles. The Morgan fingerprint density at radius 3 is 2.88 bits per heavy atom. The van der Waals surface area contributed by atoms with Crippen LogP contribution in [0.2, 0.25) is 0 Å². The lowest BCUT2D eigenvalue weighted by Gasteiger charge is -2.34. The molecule has 8 heteroatoms. The first kappa shape index (κ1) is 17.9. The van der Waals surface area contributed by atoms with Crippen molar-refractivity contribution in [2.75, 3.05) is 18.7 Å². The molecule has 0 unspecified atom stereocenters. The summed E-state index contributed by atoms with van der Waals surface area (Å²) in [6, 6.07) is 7.24. The zero-order valence-electron chi connectivity index (χ0n) is 14.8. The number of ketones is 1. The molecule has 7 nitrogen and oxygen atoms in total. The number of nitrogens with one attached hydrogen (secondary N) is 2. The van der Waals surface area contributed by atoms with Gasteiger partial charge in [-0.3, -0.25) is 9.89 Å². The van der Waals surface area contributed by atoms with Gasteiger partial charge in [0.15, 0.2) is 5.78 Å². The van der Waals surface area contributed by atoms with E-state index in [-0.39, 0.29) is 5.78 Å². The summed E-state index contributed by atoms with van der Waals surface area (Å²) >= 11 is 1.37. The third kappa shape index (κ3) is 3.02. The topological polar surface area (TPSA) is 100 Å². The smallest absolute Gasteiger partial charge is 0.198 e. The van der Waals surface area contributed by atoms with Gasteiger partial charge in [-0.25, -0.2) is 0 Å². The monoisotopic (exact) mass is 370 g/mol. The fourth-order valence-corrected chi connectivity index (χ4v) is 3.20. The van der Waals surface area contributed by atoms with Crippen LogP contribution >= 0.6 is 11.8 Å². The van der Waals surface area contributed by atoms with Crippen molar-refractivity contribution in [3.05, 3.63) is 41.1 Å². The number of benzene rings is 1. The lowest BCUT2D eigenvalue weighted by Crippen LogP contribution is -2.39. The number of Topliss-reactive ketones (excluding diaryl/α,β-unsaturated/α-hetero) is 1. The van der Waals surface area contributed by atoms with Gasteiger partial charge >= 0.3 is 0 Å². The molecule has 0 amide bonds. The van der Waals surface area contributed by atoms with Gasteiger partial charge < -0.3 is 14.8 Å². The largest absolute Gasteiger partial charge is 0.497 e. The molecular weight excluding hydrogens is 352 g/mol. The van der Waals surface area contributed by atoms with E-state index in [4.69, 9.17) is 9.47 Å². The highest BCUT2D eigenvalue weighted by atomic mass is 32.2. The number of nitriles is 1. The van der Waals surface area contributed by atoms with Crippen LogP contribution in [0.1, 0.15) is 29.8 Å². The van der Waals surface area contributed by atoms with E-state index in [9.17, 15) is 10.1 Å². The van der Waals surface area contributed by atoms with Crippen LogP contribution in [-0.4, -0.2) is 34.9 Å². The Kier molecular flexibility index (Phi) is 4.66. The van der Waals surface area contributed by atoms with E-state index in [0.29, 0.717) is 39.0 Å². The molecule has 0 atom stereocenters. The van der Waals surface area contributed by atoms with Crippen molar-refractivity contribution >= 4 is 23.4 Å². The molecule has 0 saturated heterocycles. The first-order valence-electron chi connectivity index (χ1n) is 7.82. The van der Waals surface area contributed by atoms with E-state index in [2.05, 4.69) is 21.6 Å². The number of fused-ring (bicyclic) bond motifs is 1. The molecule has 2 heterocycles. The number of nitrogens with zero attached hydrogens (tertiary/aromatic N) is 2. The van der Waals surface area contributed by atoms with Gasteiger partial charge in [-0.1, -0.05) is 0 Å². The number of hydrogen-bond acceptors (Lipinski definition) is 7. The number of ether oxygens (including phenoxy) is 2. The van der Waals surface area contributed by atoms with E-state index in [1.807, 2.05) is 20.1 Å². The van der Waals surface area contributed by atoms with Crippen LogP contribution in [0, 0.1) is 11.3 Å². The molecule has 0 spiro atoms. The van der Waals surface area contributed by atoms with Crippen molar-refractivity contribution in [1.29, 1.82) is 5.26 Å². The lowest BCUT2D eigenvalue weighted by molar-refractivity contribution is 0.0855. The highest BCUT2D eigenvalue weighted by Gasteiger charge is 2.38. The normalized spacial score (nSPS) is 16.6. The third-order valence-corrected chi connectivity index (χ3v) is 4.77. The average molecular weight is 370 g/mol. The van der Waals surface area contributed by atoms with Crippen LogP contribution in [0.5, 0.6) is 11.5 Å². The predicted molar refractivity (Wildman–Crippen MR) is 98.8 cm³/mol. The van der Waals surface area contributed by atoms with E-state index < -0.39 is 5.60 Å². The second-order valence-electron chi connectivity index (χ2n) is 6.10. The van der Waals surface area contributed by atoms with Gasteiger partial charge in [-0.05, 0) is 38.3 Å². The summed E-state index contributed by atoms with van der Waals surface area (Å²) in [6.45, 7) is 3.63. The van der Waals surface area contributed by atoms with Crippen LogP contribution < -0.4 is 14.8 Å². The Bertz CT molecular complexity index is 940. The number of thioether (sulfide) groups is 1. The van der Waals surface area contributed by atoms with E-state index in [0.717, 1.165) is 0 Å². The first-order valence-corrected chi connectivity index (χ1v) is 9.05. The van der Waals surface area contributed by atoms with E-state index in [1.165, 1.54) is 11.8 Å². The molecule has 1 aliphatic rings. The molecular formula is C18H18N4O3S. The van der Waals surface area contributed by atoms with Crippen molar-refractivity contribution in [2.45, 2.75) is 24.5 Å². The van der Waals surface area contributed by atoms with Crippen LogP contribution in [0.4, 0.5) is 5.82 Å². The van der Waals surface area contributed by atoms with Crippen molar-refractivity contribution in [3.63, 3.8) is 0 Å². The Morgan fingerprint density at radius 2 is 2.23 bits per heavy atom. The molecule has 1 aromatic carbocycles. The van der Waals surface area contributed by atoms with Gasteiger partial charge in [0.05, 0.1) is 18.2 Å². The Labute approximate surface area is 155 Å². The third-order valence-electron chi connectivity index (χ3n) is 4.09. The molecule has 134 valence electrons. The van der Waals surface area contributed by atoms with Crippen LogP contribution in [-0.2, 0) is 0 Å². The van der Waals surface area contributed by atoms with Gasteiger partial charge in [0.2, 0.25) is 0 Å². The summed E-state index contributed by atoms with van der Waals surface area (Å²) in [5.74, 6) is 1.37. The van der Waals surface area contributed by atoms with Gasteiger partial charge in [-0.15, -0.1) is 11.8 Å². The molecule has 2 N–H and O–H groups in total. The van der Waals surface area contributed by atoms with Gasteiger partial charge in [0.25, 0.3) is 0 Å². The number of carbonyl (C=O) groups is 1. The predicted octanol–water partition coefficient (Wildman–Crippen LogP) is 3.36. The molecule has 0 saturated carbocycles. The van der Waals surface area contributed by atoms with Crippen LogP contribution in [0.3, 0.4) is 0 Å². The first-order chi connectivity index (χ1) is 12.4. The summed E-state index contributed by atoms with van der Waals surface area (Å²) in [6.07, 6.45) is 3.40. The number of aromatic nitrogens is 2. The highest BCUT2D eigenvalue weighted by molar-refractivity contribution is 7.98. The van der Waals surface area contributed by atoms with Crippen LogP contribution in [0.15, 0.2) is 35.0 Å². The molecule has 0 aliphatic carbocycles. The highest BCUT2D eigenvalue weighted by Crippen LogP contribution is 2.38. The van der Waals surface area contributed by atoms with Crippen molar-refractivity contribution in [1.82, 2.24) is 10.2 Å². The number of rotatable bonds is 4. The quantitative estimate of drug-likeness (QED) is 0.629. The van der Waals surface area contributed by atoms with Crippen molar-refractivity contribution < 1.29 is 14.3 Å². The van der Waals surface area contributed by atoms with Crippen molar-refractivity contribution in [3.8, 4) is 17.6 Å². The summed E-state index contributed by atoms with van der Waals surface area (Å²) in [7, 11) is 1.54. The number of hydrogen-bond donors (Lipinski definition) is 2. The fourth-order valence-electron chi connectivity index (χ4n) is 2.72. The summed E-state index contributed by atoms with van der Waals surface area (Å²) in [5, 5.41) is 19.7. The number of aromatic amines is 1. The maximum Gasteiger partial charge on any atom is 0.198 e. The minimum absolute atomic E-state index is 0.161. The Morgan fingerprint density at radius 1 is 1.46 bits per heavy atom. The minimum Gasteiger partial charge on any atom is -0.497 e. The molecule has 26 heavy (non-hydrogen) atoms. The maximum absolute atomic E-state index is 13.0. The molecule has 0 radical (unpaired) electrons. The SMILES string of the molecule is COc1ccc2c(c1)C(=O)/C(=C/Nc1[nH]nc(SC)c1C#N)C(C)(C)O2. The fraction of sp³-hybridized carbons (Fsp3) is 0.278. The Balaban J connectivity index is 1.98. The second kappa shape index (κ2) is 6.77. The zero-order chi connectivity index (χ0) is 18.9. The second-order valence-corrected chi connectivity index (χ2v) is 6.90. The van der Waals surface area contributed by atoms with E-state index in [1.54, 1.807) is 31.5 Å². The van der Waals surface area contributed by atoms with Gasteiger partial charge in [0.1, 0.15) is 39.6 Å². The zero-order valence-corrected chi connectivity index (χ0v) is 15.7. The molecule has 1 aliphatic heterocycles. The van der Waals surface area contributed by atoms with E-state index >= 15 is 0 Å². The summed E-state index contributed by atoms with van der Waals surface area (Å²) < 4.78 is 11.2. The molecule has 0 bridgehead atoms. The molecule has 3 rings (SSSR count). The minimum atomic E-state index is -0.833. The molecule has 2 aromatic rings. The number of H-pyrrole nitrogens is 1. The maximum atomic E-state index is 13.0. The summed E-state index contributed by atoms with van der Waals surface area (Å²) in [4.78, 5) is 13.0. The average Bonchev–Trinajstić information content (AvgIpc) is 3.02. The van der Waals surface area contributed by atoms with Crippen molar-refractivity contribution in [2.24, 2.45) is 0 Å². The molecule has 0 fully saturated rings. The number of anilines is 1. The number of methoxy groups -OCH3 is 1. The standard InChI is InChI=1S/C18H18N4O3S/c1-18(2)13(9-20-16-12(8-19)17(26-4)22-21-16)15(23)11-7-10(24-3)5-6-14(11)25-18/h5-7,9H,1-4H3,(H2,20,21,22)/b13-9-. The van der Waals surface area contributed by atoms with Crippen LogP contribution in [0.25, 0.3) is 0 Å². The van der Waals surface area contributed by atoms with Gasteiger partial charge in [-0.2, -0.15) is 10.4 Å².